The van der Waals surface area contributed by atoms with Gasteiger partial charge in [-0.3, -0.25) is 4.79 Å². The minimum atomic E-state index is -4.61. The third-order valence-corrected chi connectivity index (χ3v) is 4.52. The van der Waals surface area contributed by atoms with Crippen molar-refractivity contribution in [2.24, 2.45) is 0 Å². The molecule has 0 atom stereocenters. The van der Waals surface area contributed by atoms with Crippen LogP contribution in [0.1, 0.15) is 24.8 Å². The van der Waals surface area contributed by atoms with E-state index in [1.165, 1.54) is 30.7 Å². The van der Waals surface area contributed by atoms with E-state index in [4.69, 9.17) is 0 Å². The van der Waals surface area contributed by atoms with E-state index in [0.29, 0.717) is 11.8 Å². The van der Waals surface area contributed by atoms with Crippen molar-refractivity contribution in [1.29, 1.82) is 0 Å². The molecule has 0 radical (unpaired) electrons. The zero-order valence-corrected chi connectivity index (χ0v) is 14.8. The number of nitrogens with zero attached hydrogens (tertiary/aromatic N) is 1. The fourth-order valence-electron chi connectivity index (χ4n) is 3.16. The monoisotopic (exact) mass is 374 g/mol. The zero-order valence-electron chi connectivity index (χ0n) is 14.8. The molecule has 1 N–H and O–H groups in total. The summed E-state index contributed by atoms with van der Waals surface area (Å²) in [7, 11) is 0. The van der Waals surface area contributed by atoms with Crippen molar-refractivity contribution in [3.63, 3.8) is 0 Å². The quantitative estimate of drug-likeness (QED) is 0.740. The summed E-state index contributed by atoms with van der Waals surface area (Å²) in [4.78, 5) is 14.4. The number of hydrogen-bond donors (Lipinski definition) is 1. The maximum Gasteiger partial charge on any atom is 0.417 e. The molecular formula is C21H21F3N2O. The maximum atomic E-state index is 13.3. The first kappa shape index (κ1) is 19.0. The van der Waals surface area contributed by atoms with Gasteiger partial charge < -0.3 is 10.2 Å². The van der Waals surface area contributed by atoms with Gasteiger partial charge in [0.2, 0.25) is 5.91 Å². The van der Waals surface area contributed by atoms with Crippen molar-refractivity contribution in [2.45, 2.75) is 25.4 Å². The third kappa shape index (κ3) is 5.12. The van der Waals surface area contributed by atoms with Gasteiger partial charge in [-0.2, -0.15) is 13.2 Å². The first-order valence-electron chi connectivity index (χ1n) is 8.94. The fraction of sp³-hybridized carbons (Fsp3) is 0.286. The Kier molecular flexibility index (Phi) is 5.84. The van der Waals surface area contributed by atoms with E-state index in [1.807, 2.05) is 12.1 Å². The Labute approximate surface area is 156 Å². The highest BCUT2D eigenvalue weighted by atomic mass is 19.4. The van der Waals surface area contributed by atoms with Crippen molar-refractivity contribution < 1.29 is 18.0 Å². The molecule has 6 heteroatoms. The number of carbonyl (C=O) groups excluding carboxylic acids is 1. The molecule has 0 spiro atoms. The van der Waals surface area contributed by atoms with E-state index in [-0.39, 0.29) is 5.56 Å². The van der Waals surface area contributed by atoms with Gasteiger partial charge in [0.1, 0.15) is 0 Å². The minimum absolute atomic E-state index is 0.0411. The van der Waals surface area contributed by atoms with Crippen LogP contribution >= 0.6 is 0 Å². The molecule has 1 fully saturated rings. The summed E-state index contributed by atoms with van der Waals surface area (Å²) in [6, 6.07) is 14.5. The van der Waals surface area contributed by atoms with Gasteiger partial charge in [-0.05, 0) is 49.1 Å². The van der Waals surface area contributed by atoms with Crippen LogP contribution in [-0.4, -0.2) is 25.2 Å². The summed E-state index contributed by atoms with van der Waals surface area (Å²) in [5.74, 6) is -0.808. The van der Waals surface area contributed by atoms with Gasteiger partial charge in [-0.15, -0.1) is 0 Å². The molecular weight excluding hydrogens is 353 g/mol. The van der Waals surface area contributed by atoms with E-state index >= 15 is 0 Å². The van der Waals surface area contributed by atoms with Crippen LogP contribution in [0.3, 0.4) is 0 Å². The molecule has 0 bridgehead atoms. The molecule has 1 amide bonds. The summed E-state index contributed by atoms with van der Waals surface area (Å²) in [5, 5.41) is 2.51. The molecule has 1 aliphatic rings. The average Bonchev–Trinajstić information content (AvgIpc) is 2.67. The van der Waals surface area contributed by atoms with Crippen molar-refractivity contribution in [2.75, 3.05) is 23.3 Å². The molecule has 27 heavy (non-hydrogen) atoms. The molecule has 2 aromatic carbocycles. The lowest BCUT2D eigenvalue weighted by molar-refractivity contribution is -0.112. The summed E-state index contributed by atoms with van der Waals surface area (Å²) in [6.45, 7) is 2.00. The van der Waals surface area contributed by atoms with Crippen LogP contribution in [0.4, 0.5) is 24.5 Å². The van der Waals surface area contributed by atoms with Gasteiger partial charge in [0, 0.05) is 30.5 Å². The Hall–Kier alpha value is -2.76. The van der Waals surface area contributed by atoms with Gasteiger partial charge in [0.05, 0.1) is 5.57 Å². The molecule has 0 unspecified atom stereocenters. The van der Waals surface area contributed by atoms with E-state index in [0.717, 1.165) is 31.6 Å². The second kappa shape index (κ2) is 8.29. The molecule has 0 saturated carbocycles. The van der Waals surface area contributed by atoms with E-state index < -0.39 is 17.7 Å². The number of carbonyl (C=O) groups is 1. The number of hydrogen-bond acceptors (Lipinski definition) is 2. The lowest BCUT2D eigenvalue weighted by atomic mass is 10.1. The van der Waals surface area contributed by atoms with Crippen LogP contribution in [0.2, 0.25) is 0 Å². The SMILES string of the molecule is O=C(/C=C(\c1ccccc1)C(F)(F)F)Nc1ccc(N2CCCCC2)cc1. The number of halogens is 3. The number of nitrogens with one attached hydrogen (secondary N) is 1. The number of allylic oxidation sites excluding steroid dienone is 1. The number of piperidine rings is 1. The molecule has 3 rings (SSSR count). The first-order valence-corrected chi connectivity index (χ1v) is 8.94. The summed E-state index contributed by atoms with van der Waals surface area (Å²) in [6.07, 6.45) is -0.462. The van der Waals surface area contributed by atoms with Gasteiger partial charge in [0.15, 0.2) is 0 Å². The Morgan fingerprint density at radius 2 is 1.56 bits per heavy atom. The molecule has 2 aromatic rings. The largest absolute Gasteiger partial charge is 0.417 e. The number of anilines is 2. The highest BCUT2D eigenvalue weighted by molar-refractivity contribution is 6.04. The number of benzene rings is 2. The molecule has 3 nitrogen and oxygen atoms in total. The Balaban J connectivity index is 1.72. The topological polar surface area (TPSA) is 32.3 Å². The Morgan fingerprint density at radius 3 is 2.15 bits per heavy atom. The van der Waals surface area contributed by atoms with Crippen LogP contribution in [0.5, 0.6) is 0 Å². The number of amides is 1. The zero-order chi connectivity index (χ0) is 19.3. The highest BCUT2D eigenvalue weighted by Gasteiger charge is 2.35. The lowest BCUT2D eigenvalue weighted by Crippen LogP contribution is -2.29. The molecule has 0 aliphatic carbocycles. The summed E-state index contributed by atoms with van der Waals surface area (Å²) >= 11 is 0. The molecule has 1 heterocycles. The summed E-state index contributed by atoms with van der Waals surface area (Å²) in [5.41, 5.74) is 0.515. The van der Waals surface area contributed by atoms with Crippen LogP contribution in [0.25, 0.3) is 5.57 Å². The van der Waals surface area contributed by atoms with Crippen molar-refractivity contribution >= 4 is 22.9 Å². The molecule has 1 saturated heterocycles. The normalized spacial score (nSPS) is 15.5. The Bertz CT molecular complexity index is 792. The van der Waals surface area contributed by atoms with Crippen molar-refractivity contribution in [3.8, 4) is 0 Å². The first-order chi connectivity index (χ1) is 12.9. The highest BCUT2D eigenvalue weighted by Crippen LogP contribution is 2.33. The van der Waals surface area contributed by atoms with Gasteiger partial charge in [0.25, 0.3) is 0 Å². The molecule has 1 aliphatic heterocycles. The van der Waals surface area contributed by atoms with Gasteiger partial charge in [-0.1, -0.05) is 30.3 Å². The standard InChI is InChI=1S/C21H21F3N2O/c22-21(23,24)19(16-7-3-1-4-8-16)15-20(27)25-17-9-11-18(12-10-17)26-13-5-2-6-14-26/h1,3-4,7-12,15H,2,5-6,13-14H2,(H,25,27)/b19-15+. The predicted molar refractivity (Wildman–Crippen MR) is 102 cm³/mol. The third-order valence-electron chi connectivity index (χ3n) is 4.52. The van der Waals surface area contributed by atoms with Gasteiger partial charge >= 0.3 is 6.18 Å². The second-order valence-corrected chi connectivity index (χ2v) is 6.51. The maximum absolute atomic E-state index is 13.3. The van der Waals surface area contributed by atoms with Crippen molar-refractivity contribution in [3.05, 3.63) is 66.2 Å². The molecule has 142 valence electrons. The smallest absolute Gasteiger partial charge is 0.372 e. The van der Waals surface area contributed by atoms with E-state index in [2.05, 4.69) is 10.2 Å². The fourth-order valence-corrected chi connectivity index (χ4v) is 3.16. The summed E-state index contributed by atoms with van der Waals surface area (Å²) < 4.78 is 39.9. The second-order valence-electron chi connectivity index (χ2n) is 6.51. The van der Waals surface area contributed by atoms with Crippen LogP contribution in [0, 0.1) is 0 Å². The van der Waals surface area contributed by atoms with Crippen LogP contribution in [-0.2, 0) is 4.79 Å². The van der Waals surface area contributed by atoms with Crippen LogP contribution < -0.4 is 10.2 Å². The Morgan fingerprint density at radius 1 is 0.926 bits per heavy atom. The number of rotatable bonds is 4. The molecule has 0 aromatic heterocycles. The van der Waals surface area contributed by atoms with E-state index in [9.17, 15) is 18.0 Å². The average molecular weight is 374 g/mol. The van der Waals surface area contributed by atoms with Crippen molar-refractivity contribution in [1.82, 2.24) is 0 Å². The van der Waals surface area contributed by atoms with E-state index in [1.54, 1.807) is 18.2 Å². The van der Waals surface area contributed by atoms with Gasteiger partial charge in [-0.25, -0.2) is 0 Å². The lowest BCUT2D eigenvalue weighted by Gasteiger charge is -2.28. The minimum Gasteiger partial charge on any atom is -0.372 e. The predicted octanol–water partition coefficient (Wildman–Crippen LogP) is 5.26. The number of alkyl halides is 3. The van der Waals surface area contributed by atoms with Crippen LogP contribution in [0.15, 0.2) is 60.7 Å².